The van der Waals surface area contributed by atoms with E-state index in [-0.39, 0.29) is 25.7 Å². The number of hydrogen-bond acceptors (Lipinski definition) is 4. The van der Waals surface area contributed by atoms with E-state index in [0.717, 1.165) is 0 Å². The largest absolute Gasteiger partial charge is 0.268 e. The van der Waals surface area contributed by atoms with Crippen LogP contribution in [-0.4, -0.2) is 19.3 Å². The van der Waals surface area contributed by atoms with Crippen LogP contribution in [0, 0.1) is 0 Å². The van der Waals surface area contributed by atoms with Crippen molar-refractivity contribution in [3.05, 3.63) is 57.3 Å². The zero-order valence-electron chi connectivity index (χ0n) is 10.2. The lowest BCUT2D eigenvalue weighted by Crippen LogP contribution is -2.31. The number of amides is 1. The number of carbonyl (C=O) groups excluding carboxylic acids is 1. The van der Waals surface area contributed by atoms with Crippen LogP contribution < -0.4 is 4.72 Å². The summed E-state index contributed by atoms with van der Waals surface area (Å²) in [5, 5.41) is -0.109. The zero-order chi connectivity index (χ0) is 15.6. The molecule has 1 amide bonds. The van der Waals surface area contributed by atoms with Crippen LogP contribution in [0.3, 0.4) is 0 Å². The topological polar surface area (TPSA) is 76.1 Å². The molecule has 1 N–H and O–H groups in total. The SMILES string of the molecule is O=C(NS(=O)(=O)c1c(Cl)cccc1Cl)c1ccnc(Cl)c1. The second kappa shape index (κ2) is 6.19. The molecule has 0 bridgehead atoms. The molecule has 0 saturated carbocycles. The van der Waals surface area contributed by atoms with Crippen molar-refractivity contribution in [2.75, 3.05) is 0 Å². The smallest absolute Gasteiger partial charge is 0.267 e. The van der Waals surface area contributed by atoms with Gasteiger partial charge in [-0.25, -0.2) is 18.1 Å². The minimum absolute atomic E-state index is 0.0433. The quantitative estimate of drug-likeness (QED) is 0.848. The van der Waals surface area contributed by atoms with Gasteiger partial charge >= 0.3 is 0 Å². The molecule has 0 aliphatic heterocycles. The summed E-state index contributed by atoms with van der Waals surface area (Å²) < 4.78 is 26.3. The summed E-state index contributed by atoms with van der Waals surface area (Å²) in [6, 6.07) is 6.77. The number of pyridine rings is 1. The molecule has 21 heavy (non-hydrogen) atoms. The van der Waals surface area contributed by atoms with E-state index in [1.807, 2.05) is 4.72 Å². The predicted octanol–water partition coefficient (Wildman–Crippen LogP) is 3.16. The maximum Gasteiger partial charge on any atom is 0.267 e. The predicted molar refractivity (Wildman–Crippen MR) is 80.4 cm³/mol. The van der Waals surface area contributed by atoms with Crippen LogP contribution in [0.2, 0.25) is 15.2 Å². The number of carbonyl (C=O) groups is 1. The monoisotopic (exact) mass is 364 g/mol. The van der Waals surface area contributed by atoms with Crippen molar-refractivity contribution in [1.29, 1.82) is 0 Å². The van der Waals surface area contributed by atoms with Gasteiger partial charge in [0.25, 0.3) is 15.9 Å². The van der Waals surface area contributed by atoms with Crippen molar-refractivity contribution in [3.63, 3.8) is 0 Å². The Morgan fingerprint density at radius 2 is 1.71 bits per heavy atom. The average molecular weight is 366 g/mol. The van der Waals surface area contributed by atoms with Gasteiger partial charge in [0.1, 0.15) is 10.0 Å². The van der Waals surface area contributed by atoms with Crippen LogP contribution in [0.4, 0.5) is 0 Å². The van der Waals surface area contributed by atoms with Crippen molar-refractivity contribution in [2.24, 2.45) is 0 Å². The fraction of sp³-hybridized carbons (Fsp3) is 0. The lowest BCUT2D eigenvalue weighted by molar-refractivity contribution is 0.0981. The van der Waals surface area contributed by atoms with E-state index in [0.29, 0.717) is 0 Å². The first-order chi connectivity index (χ1) is 9.81. The van der Waals surface area contributed by atoms with E-state index >= 15 is 0 Å². The highest BCUT2D eigenvalue weighted by atomic mass is 35.5. The third-order valence-electron chi connectivity index (χ3n) is 2.40. The summed E-state index contributed by atoms with van der Waals surface area (Å²) >= 11 is 17.3. The van der Waals surface area contributed by atoms with E-state index < -0.39 is 15.9 Å². The molecule has 1 aromatic carbocycles. The van der Waals surface area contributed by atoms with Crippen LogP contribution in [-0.2, 0) is 10.0 Å². The molecule has 0 saturated heterocycles. The van der Waals surface area contributed by atoms with Gasteiger partial charge in [-0.2, -0.15) is 0 Å². The molecule has 0 spiro atoms. The normalized spacial score (nSPS) is 11.2. The van der Waals surface area contributed by atoms with E-state index in [9.17, 15) is 13.2 Å². The van der Waals surface area contributed by atoms with Crippen LogP contribution in [0.25, 0.3) is 0 Å². The summed E-state index contributed by atoms with van der Waals surface area (Å²) in [5.41, 5.74) is 0.0433. The Kier molecular flexibility index (Phi) is 4.73. The van der Waals surface area contributed by atoms with Gasteiger partial charge in [-0.1, -0.05) is 40.9 Å². The molecule has 0 aliphatic rings. The molecule has 2 rings (SSSR count). The molecule has 2 aromatic rings. The molecule has 1 heterocycles. The Morgan fingerprint density at radius 3 is 2.29 bits per heavy atom. The fourth-order valence-electron chi connectivity index (χ4n) is 1.51. The van der Waals surface area contributed by atoms with Gasteiger partial charge in [-0.05, 0) is 24.3 Å². The number of aromatic nitrogens is 1. The van der Waals surface area contributed by atoms with E-state index in [2.05, 4.69) is 4.98 Å². The van der Waals surface area contributed by atoms with Crippen molar-refractivity contribution < 1.29 is 13.2 Å². The second-order valence-electron chi connectivity index (χ2n) is 3.85. The number of nitrogens with one attached hydrogen (secondary N) is 1. The molecule has 0 unspecified atom stereocenters. The Hall–Kier alpha value is -1.34. The van der Waals surface area contributed by atoms with Crippen LogP contribution in [0.1, 0.15) is 10.4 Å². The number of benzene rings is 1. The molecule has 0 radical (unpaired) electrons. The maximum atomic E-state index is 12.2. The molecule has 9 heteroatoms. The van der Waals surface area contributed by atoms with Gasteiger partial charge in [-0.15, -0.1) is 0 Å². The Labute approximate surface area is 135 Å². The van der Waals surface area contributed by atoms with Crippen molar-refractivity contribution in [2.45, 2.75) is 4.90 Å². The minimum Gasteiger partial charge on any atom is -0.268 e. The first kappa shape index (κ1) is 16.0. The van der Waals surface area contributed by atoms with Gasteiger partial charge < -0.3 is 0 Å². The maximum absolute atomic E-state index is 12.2. The summed E-state index contributed by atoms with van der Waals surface area (Å²) in [4.78, 5) is 15.3. The summed E-state index contributed by atoms with van der Waals surface area (Å²) in [5.74, 6) is -0.865. The Balaban J connectivity index is 2.36. The summed E-state index contributed by atoms with van der Waals surface area (Å²) in [7, 11) is -4.21. The lowest BCUT2D eigenvalue weighted by atomic mass is 10.3. The molecule has 1 aromatic heterocycles. The third kappa shape index (κ3) is 3.65. The molecule has 110 valence electrons. The lowest BCUT2D eigenvalue weighted by Gasteiger charge is -2.10. The molecule has 5 nitrogen and oxygen atoms in total. The third-order valence-corrected chi connectivity index (χ3v) is 4.90. The Bertz CT molecular complexity index is 789. The van der Waals surface area contributed by atoms with Crippen molar-refractivity contribution >= 4 is 50.7 Å². The minimum atomic E-state index is -4.21. The molecular formula is C12H7Cl3N2O3S. The van der Waals surface area contributed by atoms with Crippen LogP contribution in [0.5, 0.6) is 0 Å². The van der Waals surface area contributed by atoms with Gasteiger partial charge in [-0.3, -0.25) is 4.79 Å². The number of rotatable bonds is 3. The Morgan fingerprint density at radius 1 is 1.10 bits per heavy atom. The fourth-order valence-corrected chi connectivity index (χ4v) is 3.81. The van der Waals surface area contributed by atoms with Crippen LogP contribution >= 0.6 is 34.8 Å². The number of sulfonamides is 1. The highest BCUT2D eigenvalue weighted by molar-refractivity contribution is 7.90. The molecule has 0 atom stereocenters. The molecular weight excluding hydrogens is 359 g/mol. The van der Waals surface area contributed by atoms with Gasteiger partial charge in [0.15, 0.2) is 0 Å². The number of halogens is 3. The standard InChI is InChI=1S/C12H7Cl3N2O3S/c13-8-2-1-3-9(14)11(8)21(19,20)17-12(18)7-4-5-16-10(15)6-7/h1-6H,(H,17,18). The van der Waals surface area contributed by atoms with Crippen molar-refractivity contribution in [1.82, 2.24) is 9.71 Å². The molecule has 0 aliphatic carbocycles. The van der Waals surface area contributed by atoms with Gasteiger partial charge in [0, 0.05) is 11.8 Å². The van der Waals surface area contributed by atoms with E-state index in [1.54, 1.807) is 0 Å². The average Bonchev–Trinajstić information content (AvgIpc) is 2.37. The van der Waals surface area contributed by atoms with Crippen molar-refractivity contribution in [3.8, 4) is 0 Å². The van der Waals surface area contributed by atoms with Crippen LogP contribution in [0.15, 0.2) is 41.4 Å². The first-order valence-electron chi connectivity index (χ1n) is 5.44. The van der Waals surface area contributed by atoms with Gasteiger partial charge in [0.2, 0.25) is 0 Å². The van der Waals surface area contributed by atoms with E-state index in [4.69, 9.17) is 34.8 Å². The highest BCUT2D eigenvalue weighted by Gasteiger charge is 2.24. The first-order valence-corrected chi connectivity index (χ1v) is 8.05. The summed E-state index contributed by atoms with van der Waals surface area (Å²) in [6.07, 6.45) is 1.28. The number of hydrogen-bond donors (Lipinski definition) is 1. The summed E-state index contributed by atoms with van der Waals surface area (Å²) in [6.45, 7) is 0. The number of nitrogens with zero attached hydrogens (tertiary/aromatic N) is 1. The zero-order valence-corrected chi connectivity index (χ0v) is 13.3. The molecule has 0 fully saturated rings. The van der Waals surface area contributed by atoms with Gasteiger partial charge in [0.05, 0.1) is 10.0 Å². The second-order valence-corrected chi connectivity index (χ2v) is 6.67. The van der Waals surface area contributed by atoms with E-state index in [1.165, 1.54) is 36.5 Å². The highest BCUT2D eigenvalue weighted by Crippen LogP contribution is 2.28.